The summed E-state index contributed by atoms with van der Waals surface area (Å²) in [5, 5.41) is 6.36. The molecule has 4 heteroatoms. The fourth-order valence-electron chi connectivity index (χ4n) is 3.16. The van der Waals surface area contributed by atoms with Gasteiger partial charge in [0.05, 0.1) is 5.56 Å². The first kappa shape index (κ1) is 14.2. The van der Waals surface area contributed by atoms with E-state index < -0.39 is 0 Å². The van der Waals surface area contributed by atoms with Crippen molar-refractivity contribution < 1.29 is 4.79 Å². The lowest BCUT2D eigenvalue weighted by atomic mass is 9.97. The molecule has 0 saturated heterocycles. The van der Waals surface area contributed by atoms with E-state index in [-0.39, 0.29) is 5.91 Å². The van der Waals surface area contributed by atoms with Gasteiger partial charge in [0.15, 0.2) is 0 Å². The van der Waals surface area contributed by atoms with Crippen molar-refractivity contribution in [2.24, 2.45) is 17.8 Å². The van der Waals surface area contributed by atoms with Crippen LogP contribution in [0.3, 0.4) is 0 Å². The van der Waals surface area contributed by atoms with E-state index in [1.165, 1.54) is 25.7 Å². The molecule has 0 atom stereocenters. The molecule has 0 aliphatic heterocycles. The smallest absolute Gasteiger partial charge is 0.253 e. The zero-order valence-corrected chi connectivity index (χ0v) is 12.7. The van der Waals surface area contributed by atoms with E-state index in [0.717, 1.165) is 30.0 Å². The van der Waals surface area contributed by atoms with E-state index >= 15 is 0 Å². The number of hydrogen-bond donors (Lipinski definition) is 3. The predicted octanol–water partition coefficient (Wildman–Crippen LogP) is 2.87. The predicted molar refractivity (Wildman–Crippen MR) is 86.3 cm³/mol. The first-order valence-corrected chi connectivity index (χ1v) is 8.10. The highest BCUT2D eigenvalue weighted by atomic mass is 16.1. The molecular formula is C17H25N3O. The Kier molecular flexibility index (Phi) is 4.04. The Morgan fingerprint density at radius 2 is 1.95 bits per heavy atom. The molecule has 2 saturated carbocycles. The Labute approximate surface area is 126 Å². The summed E-state index contributed by atoms with van der Waals surface area (Å²) in [6.07, 6.45) is 5.51. The minimum Gasteiger partial charge on any atom is -0.399 e. The van der Waals surface area contributed by atoms with Crippen molar-refractivity contribution in [1.82, 2.24) is 5.32 Å². The number of nitrogens with two attached hydrogens (primary N) is 1. The Morgan fingerprint density at radius 3 is 2.52 bits per heavy atom. The molecule has 21 heavy (non-hydrogen) atoms. The van der Waals surface area contributed by atoms with Crippen molar-refractivity contribution in [2.45, 2.75) is 32.6 Å². The molecule has 0 bridgehead atoms. The van der Waals surface area contributed by atoms with E-state index in [2.05, 4.69) is 10.6 Å². The number of hydrogen-bond acceptors (Lipinski definition) is 3. The van der Waals surface area contributed by atoms with Gasteiger partial charge < -0.3 is 16.4 Å². The lowest BCUT2D eigenvalue weighted by molar-refractivity contribution is 0.0956. The second-order valence-electron chi connectivity index (χ2n) is 6.38. The topological polar surface area (TPSA) is 67.2 Å². The van der Waals surface area contributed by atoms with Gasteiger partial charge in [-0.05, 0) is 68.6 Å². The van der Waals surface area contributed by atoms with Crippen LogP contribution in [0, 0.1) is 17.8 Å². The Bertz CT molecular complexity index is 509. The Balaban J connectivity index is 1.70. The fraction of sp³-hybridized carbons (Fsp3) is 0.588. The van der Waals surface area contributed by atoms with Crippen molar-refractivity contribution in [3.8, 4) is 0 Å². The summed E-state index contributed by atoms with van der Waals surface area (Å²) in [6.45, 7) is 3.53. The first-order valence-electron chi connectivity index (χ1n) is 8.10. The SMILES string of the molecule is CCNC(=O)c1ccc(N)cc1NCC(C1CC1)C1CC1. The minimum atomic E-state index is -0.0330. The van der Waals surface area contributed by atoms with Gasteiger partial charge in [0, 0.05) is 24.5 Å². The average molecular weight is 287 g/mol. The molecule has 4 N–H and O–H groups in total. The summed E-state index contributed by atoms with van der Waals surface area (Å²) >= 11 is 0. The van der Waals surface area contributed by atoms with Crippen molar-refractivity contribution in [3.05, 3.63) is 23.8 Å². The summed E-state index contributed by atoms with van der Waals surface area (Å²) in [5.41, 5.74) is 8.13. The van der Waals surface area contributed by atoms with E-state index in [4.69, 9.17) is 5.73 Å². The average Bonchev–Trinajstić information content (AvgIpc) is 3.33. The standard InChI is InChI=1S/C17H25N3O/c1-2-19-17(21)14-8-7-13(18)9-16(14)20-10-15(11-3-4-11)12-5-6-12/h7-9,11-12,15,20H,2-6,10,18H2,1H3,(H,19,21). The molecule has 2 aliphatic rings. The third kappa shape index (κ3) is 3.49. The zero-order chi connectivity index (χ0) is 14.8. The molecular weight excluding hydrogens is 262 g/mol. The minimum absolute atomic E-state index is 0.0330. The molecule has 1 amide bonds. The zero-order valence-electron chi connectivity index (χ0n) is 12.7. The quantitative estimate of drug-likeness (QED) is 0.676. The van der Waals surface area contributed by atoms with Gasteiger partial charge in [0.1, 0.15) is 0 Å². The molecule has 0 radical (unpaired) electrons. The van der Waals surface area contributed by atoms with Crippen molar-refractivity contribution in [1.29, 1.82) is 0 Å². The van der Waals surface area contributed by atoms with Crippen LogP contribution < -0.4 is 16.4 Å². The number of nitrogens with one attached hydrogen (secondary N) is 2. The van der Waals surface area contributed by atoms with Crippen LogP contribution in [0.4, 0.5) is 11.4 Å². The van der Waals surface area contributed by atoms with Crippen LogP contribution in [-0.2, 0) is 0 Å². The number of benzene rings is 1. The number of rotatable bonds is 7. The number of nitrogen functional groups attached to an aromatic ring is 1. The van der Waals surface area contributed by atoms with Crippen LogP contribution in [0.1, 0.15) is 43.0 Å². The monoisotopic (exact) mass is 287 g/mol. The molecule has 0 spiro atoms. The molecule has 4 nitrogen and oxygen atoms in total. The van der Waals surface area contributed by atoms with Crippen molar-refractivity contribution in [3.63, 3.8) is 0 Å². The molecule has 2 fully saturated rings. The van der Waals surface area contributed by atoms with Gasteiger partial charge >= 0.3 is 0 Å². The summed E-state index contributed by atoms with van der Waals surface area (Å²) in [6, 6.07) is 5.47. The number of amides is 1. The van der Waals surface area contributed by atoms with Gasteiger partial charge in [0.25, 0.3) is 5.91 Å². The fourth-order valence-corrected chi connectivity index (χ4v) is 3.16. The first-order chi connectivity index (χ1) is 10.2. The van der Waals surface area contributed by atoms with E-state index in [0.29, 0.717) is 17.8 Å². The summed E-state index contributed by atoms with van der Waals surface area (Å²) < 4.78 is 0. The number of carbonyl (C=O) groups is 1. The number of carbonyl (C=O) groups excluding carboxylic acids is 1. The lowest BCUT2D eigenvalue weighted by Crippen LogP contribution is -2.25. The highest BCUT2D eigenvalue weighted by Gasteiger charge is 2.41. The Hall–Kier alpha value is -1.71. The maximum atomic E-state index is 12.1. The molecule has 114 valence electrons. The molecule has 0 unspecified atom stereocenters. The Morgan fingerprint density at radius 1 is 1.29 bits per heavy atom. The normalized spacial score (nSPS) is 17.8. The maximum absolute atomic E-state index is 12.1. The van der Waals surface area contributed by atoms with E-state index in [1.54, 1.807) is 6.07 Å². The van der Waals surface area contributed by atoms with Crippen LogP contribution >= 0.6 is 0 Å². The lowest BCUT2D eigenvalue weighted by Gasteiger charge is -2.19. The largest absolute Gasteiger partial charge is 0.399 e. The molecule has 0 aromatic heterocycles. The highest BCUT2D eigenvalue weighted by molar-refractivity contribution is 6.00. The van der Waals surface area contributed by atoms with Gasteiger partial charge in [-0.15, -0.1) is 0 Å². The highest BCUT2D eigenvalue weighted by Crippen LogP contribution is 2.49. The van der Waals surface area contributed by atoms with Gasteiger partial charge in [-0.3, -0.25) is 4.79 Å². The summed E-state index contributed by atoms with van der Waals surface area (Å²) in [7, 11) is 0. The van der Waals surface area contributed by atoms with Crippen LogP contribution in [0.15, 0.2) is 18.2 Å². The molecule has 0 heterocycles. The molecule has 1 aromatic carbocycles. The van der Waals surface area contributed by atoms with Gasteiger partial charge in [-0.25, -0.2) is 0 Å². The van der Waals surface area contributed by atoms with Crippen LogP contribution in [0.5, 0.6) is 0 Å². The van der Waals surface area contributed by atoms with Gasteiger partial charge in [-0.1, -0.05) is 0 Å². The van der Waals surface area contributed by atoms with Crippen LogP contribution in [0.2, 0.25) is 0 Å². The van der Waals surface area contributed by atoms with Gasteiger partial charge in [0.2, 0.25) is 0 Å². The van der Waals surface area contributed by atoms with Crippen LogP contribution in [0.25, 0.3) is 0 Å². The van der Waals surface area contributed by atoms with Crippen molar-refractivity contribution >= 4 is 17.3 Å². The second-order valence-corrected chi connectivity index (χ2v) is 6.38. The van der Waals surface area contributed by atoms with E-state index in [1.807, 2.05) is 19.1 Å². The maximum Gasteiger partial charge on any atom is 0.253 e. The summed E-state index contributed by atoms with van der Waals surface area (Å²) in [4.78, 5) is 12.1. The van der Waals surface area contributed by atoms with Gasteiger partial charge in [-0.2, -0.15) is 0 Å². The van der Waals surface area contributed by atoms with Crippen molar-refractivity contribution in [2.75, 3.05) is 24.1 Å². The summed E-state index contributed by atoms with van der Waals surface area (Å²) in [5.74, 6) is 2.54. The third-order valence-corrected chi connectivity index (χ3v) is 4.61. The molecule has 1 aromatic rings. The second kappa shape index (κ2) is 5.96. The number of anilines is 2. The van der Waals surface area contributed by atoms with E-state index in [9.17, 15) is 4.79 Å². The molecule has 2 aliphatic carbocycles. The molecule has 3 rings (SSSR count). The third-order valence-electron chi connectivity index (χ3n) is 4.61. The van der Waals surface area contributed by atoms with Crippen LogP contribution in [-0.4, -0.2) is 19.0 Å².